The van der Waals surface area contributed by atoms with Crippen LogP contribution in [0.2, 0.25) is 5.02 Å². The van der Waals surface area contributed by atoms with Gasteiger partial charge in [0.15, 0.2) is 0 Å². The Morgan fingerprint density at radius 1 is 1.37 bits per heavy atom. The number of nitrogens with two attached hydrogens (primary N) is 1. The summed E-state index contributed by atoms with van der Waals surface area (Å²) in [5.74, 6) is -0.542. The molecule has 8 heteroatoms. The van der Waals surface area contributed by atoms with Gasteiger partial charge in [-0.15, -0.1) is 11.3 Å². The predicted octanol–water partition coefficient (Wildman–Crippen LogP) is 2.60. The second kappa shape index (κ2) is 5.46. The highest BCUT2D eigenvalue weighted by atomic mass is 35.5. The summed E-state index contributed by atoms with van der Waals surface area (Å²) in [6.45, 7) is 0.0279. The number of benzene rings is 1. The minimum absolute atomic E-state index is 0.0279. The molecule has 0 saturated heterocycles. The van der Waals surface area contributed by atoms with Gasteiger partial charge >= 0.3 is 0 Å². The molecule has 0 aliphatic carbocycles. The molecule has 19 heavy (non-hydrogen) atoms. The van der Waals surface area contributed by atoms with Gasteiger partial charge in [0.05, 0.1) is 5.02 Å². The molecule has 0 fully saturated rings. The second-order valence-electron chi connectivity index (χ2n) is 3.77. The average Bonchev–Trinajstić information content (AvgIpc) is 2.78. The van der Waals surface area contributed by atoms with E-state index in [0.29, 0.717) is 11.3 Å². The van der Waals surface area contributed by atoms with Gasteiger partial charge in [0.25, 0.3) is 0 Å². The van der Waals surface area contributed by atoms with Crippen LogP contribution >= 0.6 is 22.9 Å². The Hall–Kier alpha value is -1.15. The van der Waals surface area contributed by atoms with Crippen molar-refractivity contribution in [2.24, 2.45) is 0 Å². The molecule has 3 N–H and O–H groups in total. The molecule has 0 amide bonds. The summed E-state index contributed by atoms with van der Waals surface area (Å²) in [4.78, 5) is 0. The molecule has 1 aromatic heterocycles. The molecule has 0 unspecified atom stereocenters. The fourth-order valence-corrected chi connectivity index (χ4v) is 3.72. The summed E-state index contributed by atoms with van der Waals surface area (Å²) in [7, 11) is -3.61. The molecule has 1 aromatic carbocycles. The number of nitrogens with one attached hydrogen (secondary N) is 1. The average molecular weight is 321 g/mol. The Morgan fingerprint density at radius 3 is 2.68 bits per heavy atom. The summed E-state index contributed by atoms with van der Waals surface area (Å²) >= 11 is 6.65. The molecular formula is C11H10ClFN2O2S2. The van der Waals surface area contributed by atoms with Crippen LogP contribution in [0.4, 0.5) is 10.1 Å². The zero-order valence-electron chi connectivity index (χ0n) is 9.56. The van der Waals surface area contributed by atoms with E-state index in [-0.39, 0.29) is 15.8 Å². The normalized spacial score (nSPS) is 11.7. The zero-order chi connectivity index (χ0) is 14.0. The van der Waals surface area contributed by atoms with Gasteiger partial charge in [-0.05, 0) is 23.8 Å². The Morgan fingerprint density at radius 2 is 2.11 bits per heavy atom. The summed E-state index contributed by atoms with van der Waals surface area (Å²) in [6, 6.07) is 5.41. The Bertz CT molecular complexity index is 700. The van der Waals surface area contributed by atoms with Gasteiger partial charge in [-0.2, -0.15) is 0 Å². The van der Waals surface area contributed by atoms with Crippen molar-refractivity contribution >= 4 is 38.6 Å². The van der Waals surface area contributed by atoms with Crippen LogP contribution in [0.15, 0.2) is 33.9 Å². The van der Waals surface area contributed by atoms with Crippen molar-refractivity contribution in [3.05, 3.63) is 46.0 Å². The van der Waals surface area contributed by atoms with Crippen molar-refractivity contribution in [3.8, 4) is 0 Å². The maximum atomic E-state index is 13.0. The summed E-state index contributed by atoms with van der Waals surface area (Å²) in [6.07, 6.45) is 0. The number of anilines is 1. The lowest BCUT2D eigenvalue weighted by molar-refractivity contribution is 0.583. The monoisotopic (exact) mass is 320 g/mol. The highest BCUT2D eigenvalue weighted by Gasteiger charge is 2.16. The first-order valence-electron chi connectivity index (χ1n) is 5.16. The molecule has 4 nitrogen and oxygen atoms in total. The van der Waals surface area contributed by atoms with Gasteiger partial charge in [0.1, 0.15) is 10.0 Å². The zero-order valence-corrected chi connectivity index (χ0v) is 11.9. The third-order valence-corrected chi connectivity index (χ3v) is 5.46. The molecule has 0 aliphatic heterocycles. The van der Waals surface area contributed by atoms with Crippen LogP contribution in [0.5, 0.6) is 0 Å². The number of halogens is 2. The summed E-state index contributed by atoms with van der Waals surface area (Å²) in [5, 5.41) is 1.50. The van der Waals surface area contributed by atoms with Crippen LogP contribution in [0, 0.1) is 5.82 Å². The molecule has 0 spiro atoms. The Kier molecular flexibility index (Phi) is 4.10. The minimum atomic E-state index is -3.61. The van der Waals surface area contributed by atoms with Gasteiger partial charge in [-0.3, -0.25) is 0 Å². The fraction of sp³-hybridized carbons (Fsp3) is 0.0909. The molecular weight excluding hydrogens is 311 g/mol. The largest absolute Gasteiger partial charge is 0.398 e. The van der Waals surface area contributed by atoms with Gasteiger partial charge in [0, 0.05) is 17.6 Å². The highest BCUT2D eigenvalue weighted by Crippen LogP contribution is 2.22. The van der Waals surface area contributed by atoms with Gasteiger partial charge < -0.3 is 5.73 Å². The topological polar surface area (TPSA) is 72.2 Å². The van der Waals surface area contributed by atoms with E-state index in [1.807, 2.05) is 0 Å². The molecule has 0 saturated carbocycles. The van der Waals surface area contributed by atoms with Crippen LogP contribution in [-0.4, -0.2) is 8.42 Å². The van der Waals surface area contributed by atoms with E-state index in [2.05, 4.69) is 4.72 Å². The standard InChI is InChI=1S/C11H10ClFN2O2S2/c12-9-3-7(1-2-10(9)13)5-15-19(16,17)11-4-8(14)6-18-11/h1-4,6,15H,5,14H2. The minimum Gasteiger partial charge on any atom is -0.398 e. The van der Waals surface area contributed by atoms with Crippen molar-refractivity contribution in [2.45, 2.75) is 10.8 Å². The lowest BCUT2D eigenvalue weighted by Crippen LogP contribution is -2.22. The quantitative estimate of drug-likeness (QED) is 0.909. The van der Waals surface area contributed by atoms with Crippen molar-refractivity contribution in [2.75, 3.05) is 5.73 Å². The number of thiophene rings is 1. The van der Waals surface area contributed by atoms with Crippen molar-refractivity contribution in [3.63, 3.8) is 0 Å². The van der Waals surface area contributed by atoms with E-state index in [4.69, 9.17) is 17.3 Å². The summed E-state index contributed by atoms with van der Waals surface area (Å²) < 4.78 is 39.3. The van der Waals surface area contributed by atoms with Crippen LogP contribution in [0.25, 0.3) is 0 Å². The maximum Gasteiger partial charge on any atom is 0.250 e. The van der Waals surface area contributed by atoms with E-state index in [1.54, 1.807) is 5.38 Å². The lowest BCUT2D eigenvalue weighted by atomic mass is 10.2. The van der Waals surface area contributed by atoms with Gasteiger partial charge in [-0.25, -0.2) is 17.5 Å². The first-order valence-corrected chi connectivity index (χ1v) is 7.90. The smallest absolute Gasteiger partial charge is 0.250 e. The summed E-state index contributed by atoms with van der Waals surface area (Å²) in [5.41, 5.74) is 6.45. The van der Waals surface area contributed by atoms with E-state index in [1.165, 1.54) is 24.3 Å². The number of hydrogen-bond donors (Lipinski definition) is 2. The molecule has 2 aromatic rings. The van der Waals surface area contributed by atoms with E-state index in [0.717, 1.165) is 11.3 Å². The first kappa shape index (κ1) is 14.3. The van der Waals surface area contributed by atoms with Crippen LogP contribution in [-0.2, 0) is 16.6 Å². The van der Waals surface area contributed by atoms with Crippen LogP contribution in [0.1, 0.15) is 5.56 Å². The maximum absolute atomic E-state index is 13.0. The highest BCUT2D eigenvalue weighted by molar-refractivity contribution is 7.91. The molecule has 102 valence electrons. The molecule has 0 aliphatic rings. The van der Waals surface area contributed by atoms with Crippen molar-refractivity contribution in [1.29, 1.82) is 0 Å². The molecule has 0 atom stereocenters. The molecule has 0 radical (unpaired) electrons. The number of hydrogen-bond acceptors (Lipinski definition) is 4. The lowest BCUT2D eigenvalue weighted by Gasteiger charge is -2.05. The third-order valence-electron chi connectivity index (χ3n) is 2.31. The predicted molar refractivity (Wildman–Crippen MR) is 74.2 cm³/mol. The van der Waals surface area contributed by atoms with Crippen molar-refractivity contribution in [1.82, 2.24) is 4.72 Å². The second-order valence-corrected chi connectivity index (χ2v) is 7.08. The van der Waals surface area contributed by atoms with Crippen LogP contribution in [0.3, 0.4) is 0 Å². The van der Waals surface area contributed by atoms with Crippen molar-refractivity contribution < 1.29 is 12.8 Å². The van der Waals surface area contributed by atoms with Crippen LogP contribution < -0.4 is 10.5 Å². The molecule has 2 rings (SSSR count). The molecule has 0 bridgehead atoms. The van der Waals surface area contributed by atoms with E-state index < -0.39 is 15.8 Å². The van der Waals surface area contributed by atoms with E-state index in [9.17, 15) is 12.8 Å². The number of rotatable bonds is 4. The first-order chi connectivity index (χ1) is 8.88. The number of sulfonamides is 1. The van der Waals surface area contributed by atoms with E-state index >= 15 is 0 Å². The Balaban J connectivity index is 2.11. The molecule has 1 heterocycles. The Labute approximate surface area is 119 Å². The number of nitrogen functional groups attached to an aromatic ring is 1. The van der Waals surface area contributed by atoms with Gasteiger partial charge in [-0.1, -0.05) is 17.7 Å². The van der Waals surface area contributed by atoms with Gasteiger partial charge in [0.2, 0.25) is 10.0 Å². The third kappa shape index (κ3) is 3.44. The SMILES string of the molecule is Nc1csc(S(=O)(=O)NCc2ccc(F)c(Cl)c2)c1. The fourth-order valence-electron chi connectivity index (χ4n) is 1.37.